The van der Waals surface area contributed by atoms with Gasteiger partial charge < -0.3 is 9.64 Å². The molecule has 3 aromatic rings. The first-order valence-corrected chi connectivity index (χ1v) is 9.18. The second-order valence-electron chi connectivity index (χ2n) is 6.75. The molecule has 0 N–H and O–H groups in total. The maximum atomic E-state index is 13.1. The minimum atomic E-state index is -0.204. The van der Waals surface area contributed by atoms with Crippen LogP contribution in [0.4, 0.5) is 0 Å². The van der Waals surface area contributed by atoms with Gasteiger partial charge in [0, 0.05) is 31.1 Å². The number of fused-ring (bicyclic) bond motifs is 1. The Morgan fingerprint density at radius 1 is 1.07 bits per heavy atom. The van der Waals surface area contributed by atoms with Gasteiger partial charge in [0.1, 0.15) is 5.75 Å². The van der Waals surface area contributed by atoms with Crippen molar-refractivity contribution in [3.63, 3.8) is 0 Å². The SMILES string of the molecule is COc1ccccc1C1=CCN(C(=O)c2nn(C)c(=O)c3ccccc23)CC1. The second kappa shape index (κ2) is 7.31. The molecule has 1 aromatic heterocycles. The third-order valence-corrected chi connectivity index (χ3v) is 5.11. The molecule has 6 nitrogen and oxygen atoms in total. The van der Waals surface area contributed by atoms with Crippen LogP contribution in [0.15, 0.2) is 59.4 Å². The standard InChI is InChI=1S/C22H21N3O3/c1-24-21(26)18-9-4-3-8-17(18)20(23-24)22(27)25-13-11-15(12-14-25)16-7-5-6-10-19(16)28-2/h3-11H,12-14H2,1-2H3. The first-order valence-electron chi connectivity index (χ1n) is 9.18. The number of amides is 1. The lowest BCUT2D eigenvalue weighted by Crippen LogP contribution is -2.36. The summed E-state index contributed by atoms with van der Waals surface area (Å²) in [5, 5.41) is 5.35. The zero-order chi connectivity index (χ0) is 19.7. The summed E-state index contributed by atoms with van der Waals surface area (Å²) in [4.78, 5) is 27.2. The number of ether oxygens (including phenoxy) is 1. The summed E-state index contributed by atoms with van der Waals surface area (Å²) >= 11 is 0. The van der Waals surface area contributed by atoms with Crippen LogP contribution in [0.2, 0.25) is 0 Å². The Morgan fingerprint density at radius 3 is 2.50 bits per heavy atom. The van der Waals surface area contributed by atoms with Crippen LogP contribution >= 0.6 is 0 Å². The van der Waals surface area contributed by atoms with Gasteiger partial charge in [-0.1, -0.05) is 42.5 Å². The van der Waals surface area contributed by atoms with Crippen LogP contribution in [0.3, 0.4) is 0 Å². The molecule has 1 aliphatic rings. The zero-order valence-electron chi connectivity index (χ0n) is 15.9. The number of hydrogen-bond donors (Lipinski definition) is 0. The normalized spacial score (nSPS) is 14.1. The number of carbonyl (C=O) groups is 1. The molecule has 28 heavy (non-hydrogen) atoms. The molecule has 0 atom stereocenters. The fourth-order valence-electron chi connectivity index (χ4n) is 3.62. The van der Waals surface area contributed by atoms with E-state index in [-0.39, 0.29) is 11.5 Å². The minimum Gasteiger partial charge on any atom is -0.496 e. The lowest BCUT2D eigenvalue weighted by Gasteiger charge is -2.27. The van der Waals surface area contributed by atoms with E-state index in [0.29, 0.717) is 29.6 Å². The van der Waals surface area contributed by atoms with Crippen molar-refractivity contribution in [1.29, 1.82) is 0 Å². The molecule has 0 fully saturated rings. The lowest BCUT2D eigenvalue weighted by atomic mass is 9.98. The summed E-state index contributed by atoms with van der Waals surface area (Å²) in [7, 11) is 3.23. The van der Waals surface area contributed by atoms with Crippen molar-refractivity contribution >= 4 is 22.3 Å². The Bertz CT molecular complexity index is 1150. The Labute approximate surface area is 162 Å². The van der Waals surface area contributed by atoms with Crippen LogP contribution in [0.1, 0.15) is 22.5 Å². The molecule has 0 unspecified atom stereocenters. The van der Waals surface area contributed by atoms with Crippen LogP contribution in [0, 0.1) is 0 Å². The molecule has 1 amide bonds. The predicted molar refractivity (Wildman–Crippen MR) is 108 cm³/mol. The maximum absolute atomic E-state index is 13.1. The molecule has 0 spiro atoms. The zero-order valence-corrected chi connectivity index (χ0v) is 15.9. The molecule has 0 radical (unpaired) electrons. The van der Waals surface area contributed by atoms with E-state index in [1.165, 1.54) is 10.3 Å². The van der Waals surface area contributed by atoms with E-state index in [0.717, 1.165) is 17.7 Å². The molecule has 0 saturated carbocycles. The number of rotatable bonds is 3. The molecule has 6 heteroatoms. The van der Waals surface area contributed by atoms with Crippen molar-refractivity contribution in [2.24, 2.45) is 7.05 Å². The monoisotopic (exact) mass is 375 g/mol. The topological polar surface area (TPSA) is 64.4 Å². The van der Waals surface area contributed by atoms with E-state index < -0.39 is 0 Å². The van der Waals surface area contributed by atoms with Crippen molar-refractivity contribution in [2.75, 3.05) is 20.2 Å². The molecule has 0 saturated heterocycles. The molecule has 0 bridgehead atoms. The molecule has 2 heterocycles. The van der Waals surface area contributed by atoms with Gasteiger partial charge in [-0.05, 0) is 24.1 Å². The van der Waals surface area contributed by atoms with Crippen molar-refractivity contribution in [3.8, 4) is 5.75 Å². The quantitative estimate of drug-likeness (QED) is 0.706. The van der Waals surface area contributed by atoms with Gasteiger partial charge in [-0.25, -0.2) is 4.68 Å². The summed E-state index contributed by atoms with van der Waals surface area (Å²) < 4.78 is 6.68. The lowest BCUT2D eigenvalue weighted by molar-refractivity contribution is 0.0766. The minimum absolute atomic E-state index is 0.165. The highest BCUT2D eigenvalue weighted by Gasteiger charge is 2.24. The van der Waals surface area contributed by atoms with E-state index in [1.54, 1.807) is 37.3 Å². The molecule has 2 aromatic carbocycles. The van der Waals surface area contributed by atoms with E-state index in [1.807, 2.05) is 30.3 Å². The van der Waals surface area contributed by atoms with Crippen LogP contribution in [0.5, 0.6) is 5.75 Å². The fraction of sp³-hybridized carbons (Fsp3) is 0.227. The summed E-state index contributed by atoms with van der Waals surface area (Å²) in [5.41, 5.74) is 2.33. The van der Waals surface area contributed by atoms with Crippen molar-refractivity contribution in [1.82, 2.24) is 14.7 Å². The summed E-state index contributed by atoms with van der Waals surface area (Å²) in [6.07, 6.45) is 2.79. The summed E-state index contributed by atoms with van der Waals surface area (Å²) in [6, 6.07) is 15.0. The van der Waals surface area contributed by atoms with Gasteiger partial charge >= 0.3 is 0 Å². The predicted octanol–water partition coefficient (Wildman–Crippen LogP) is 2.87. The maximum Gasteiger partial charge on any atom is 0.275 e. The number of carbonyl (C=O) groups excluding carboxylic acids is 1. The van der Waals surface area contributed by atoms with Gasteiger partial charge in [-0.2, -0.15) is 5.10 Å². The Kier molecular flexibility index (Phi) is 4.69. The fourth-order valence-corrected chi connectivity index (χ4v) is 3.62. The number of benzene rings is 2. The largest absolute Gasteiger partial charge is 0.496 e. The number of para-hydroxylation sites is 1. The highest BCUT2D eigenvalue weighted by Crippen LogP contribution is 2.30. The van der Waals surface area contributed by atoms with Gasteiger partial charge in [0.05, 0.1) is 12.5 Å². The van der Waals surface area contributed by atoms with E-state index in [2.05, 4.69) is 11.2 Å². The molecule has 142 valence electrons. The third-order valence-electron chi connectivity index (χ3n) is 5.11. The van der Waals surface area contributed by atoms with Crippen LogP contribution in [-0.4, -0.2) is 40.8 Å². The first kappa shape index (κ1) is 18.0. The highest BCUT2D eigenvalue weighted by molar-refractivity contribution is 6.05. The van der Waals surface area contributed by atoms with E-state index in [4.69, 9.17) is 4.74 Å². The van der Waals surface area contributed by atoms with Crippen LogP contribution in [-0.2, 0) is 7.05 Å². The van der Waals surface area contributed by atoms with E-state index >= 15 is 0 Å². The smallest absolute Gasteiger partial charge is 0.275 e. The van der Waals surface area contributed by atoms with Gasteiger partial charge in [0.25, 0.3) is 11.5 Å². The first-order chi connectivity index (χ1) is 13.6. The van der Waals surface area contributed by atoms with Crippen molar-refractivity contribution in [3.05, 3.63) is 76.2 Å². The Hall–Kier alpha value is -3.41. The number of aryl methyl sites for hydroxylation is 1. The van der Waals surface area contributed by atoms with Gasteiger partial charge in [0.2, 0.25) is 0 Å². The molecular formula is C22H21N3O3. The molecule has 0 aliphatic carbocycles. The van der Waals surface area contributed by atoms with E-state index in [9.17, 15) is 9.59 Å². The average molecular weight is 375 g/mol. The number of nitrogens with zero attached hydrogens (tertiary/aromatic N) is 3. The van der Waals surface area contributed by atoms with Crippen molar-refractivity contribution in [2.45, 2.75) is 6.42 Å². The molecule has 4 rings (SSSR count). The third kappa shape index (κ3) is 3.07. The number of aromatic nitrogens is 2. The molecular weight excluding hydrogens is 354 g/mol. The highest BCUT2D eigenvalue weighted by atomic mass is 16.5. The van der Waals surface area contributed by atoms with Gasteiger partial charge in [-0.3, -0.25) is 9.59 Å². The Balaban J connectivity index is 1.65. The summed E-state index contributed by atoms with van der Waals surface area (Å²) in [6.45, 7) is 1.08. The van der Waals surface area contributed by atoms with Crippen molar-refractivity contribution < 1.29 is 9.53 Å². The molecule has 1 aliphatic heterocycles. The van der Waals surface area contributed by atoms with Gasteiger partial charge in [0.15, 0.2) is 5.69 Å². The van der Waals surface area contributed by atoms with Crippen LogP contribution in [0.25, 0.3) is 16.3 Å². The van der Waals surface area contributed by atoms with Gasteiger partial charge in [-0.15, -0.1) is 0 Å². The number of methoxy groups -OCH3 is 1. The summed E-state index contributed by atoms with van der Waals surface area (Å²) in [5.74, 6) is 0.668. The number of hydrogen-bond acceptors (Lipinski definition) is 4. The average Bonchev–Trinajstić information content (AvgIpc) is 2.76. The van der Waals surface area contributed by atoms with Crippen LogP contribution < -0.4 is 10.3 Å². The second-order valence-corrected chi connectivity index (χ2v) is 6.75. The Morgan fingerprint density at radius 2 is 1.79 bits per heavy atom.